The van der Waals surface area contributed by atoms with E-state index in [0.29, 0.717) is 0 Å². The summed E-state index contributed by atoms with van der Waals surface area (Å²) in [5, 5.41) is 7.60. The minimum absolute atomic E-state index is 0.394. The molecule has 4 unspecified atom stereocenters. The van der Waals surface area contributed by atoms with Gasteiger partial charge in [0.05, 0.1) is 7.11 Å². The van der Waals surface area contributed by atoms with E-state index < -0.39 is 11.9 Å². The number of aliphatic carboxylic acids is 1. The van der Waals surface area contributed by atoms with Crippen LogP contribution in [-0.2, 0) is 14.3 Å². The first-order valence-electron chi connectivity index (χ1n) is 6.94. The van der Waals surface area contributed by atoms with Gasteiger partial charge in [0, 0.05) is 12.2 Å². The standard InChI is InChI=1S/C10H12.C4H6O2.C3H4O2/c1-2-9-7-4-5-8(6-7)10(9)3-1;1-3-4(5)6-2;1-2-3(4)5/h1-2,4-5,7-10H,3,6H2;3H,1H2,2H3;2H,1H2,(H,4,5). The Bertz CT molecular complexity index is 461. The molecular formula is C17H22O4. The zero-order valence-corrected chi connectivity index (χ0v) is 12.3. The number of fused-ring (bicyclic) bond motifs is 5. The monoisotopic (exact) mass is 290 g/mol. The third kappa shape index (κ3) is 4.74. The molecule has 0 saturated heterocycles. The van der Waals surface area contributed by atoms with Gasteiger partial charge in [0.15, 0.2) is 0 Å². The van der Waals surface area contributed by atoms with E-state index in [4.69, 9.17) is 5.11 Å². The molecule has 0 aromatic rings. The molecule has 3 rings (SSSR count). The fourth-order valence-electron chi connectivity index (χ4n) is 3.06. The molecule has 1 fully saturated rings. The number of carboxylic acid groups (broad SMARTS) is 1. The summed E-state index contributed by atoms with van der Waals surface area (Å²) in [5.41, 5.74) is 0. The highest BCUT2D eigenvalue weighted by Gasteiger charge is 2.44. The van der Waals surface area contributed by atoms with Crippen LogP contribution in [0.15, 0.2) is 49.6 Å². The zero-order chi connectivity index (χ0) is 15.8. The second-order valence-electron chi connectivity index (χ2n) is 5.12. The Morgan fingerprint density at radius 3 is 2.24 bits per heavy atom. The van der Waals surface area contributed by atoms with E-state index in [0.717, 1.165) is 35.8 Å². The first-order chi connectivity index (χ1) is 10.0. The van der Waals surface area contributed by atoms with Crippen LogP contribution in [0.3, 0.4) is 0 Å². The molecule has 4 nitrogen and oxygen atoms in total. The van der Waals surface area contributed by atoms with Crippen LogP contribution >= 0.6 is 0 Å². The second kappa shape index (κ2) is 8.25. The van der Waals surface area contributed by atoms with Crippen molar-refractivity contribution in [1.29, 1.82) is 0 Å². The summed E-state index contributed by atoms with van der Waals surface area (Å²) in [7, 11) is 1.31. The lowest BCUT2D eigenvalue weighted by Gasteiger charge is -2.18. The fourth-order valence-corrected chi connectivity index (χ4v) is 3.06. The molecule has 3 aliphatic carbocycles. The topological polar surface area (TPSA) is 63.6 Å². The van der Waals surface area contributed by atoms with Crippen LogP contribution in [0.25, 0.3) is 0 Å². The summed E-state index contributed by atoms with van der Waals surface area (Å²) in [5.74, 6) is 2.45. The third-order valence-electron chi connectivity index (χ3n) is 4.00. The summed E-state index contributed by atoms with van der Waals surface area (Å²) >= 11 is 0. The van der Waals surface area contributed by atoms with Crippen LogP contribution in [0.5, 0.6) is 0 Å². The molecule has 4 heteroatoms. The molecule has 0 spiro atoms. The summed E-state index contributed by atoms with van der Waals surface area (Å²) in [6.07, 6.45) is 14.5. The number of hydrogen-bond acceptors (Lipinski definition) is 3. The van der Waals surface area contributed by atoms with Crippen LogP contribution in [-0.4, -0.2) is 24.2 Å². The van der Waals surface area contributed by atoms with Crippen molar-refractivity contribution in [1.82, 2.24) is 0 Å². The predicted molar refractivity (Wildman–Crippen MR) is 81.5 cm³/mol. The Kier molecular flexibility index (Phi) is 6.66. The van der Waals surface area contributed by atoms with Gasteiger partial charge >= 0.3 is 11.9 Å². The van der Waals surface area contributed by atoms with Crippen LogP contribution in [0.1, 0.15) is 12.8 Å². The highest BCUT2D eigenvalue weighted by molar-refractivity contribution is 5.80. The van der Waals surface area contributed by atoms with E-state index in [1.165, 1.54) is 20.0 Å². The van der Waals surface area contributed by atoms with Crippen molar-refractivity contribution in [2.75, 3.05) is 7.11 Å². The molecule has 0 aromatic carbocycles. The summed E-state index contributed by atoms with van der Waals surface area (Å²) in [4.78, 5) is 19.1. The van der Waals surface area contributed by atoms with Crippen LogP contribution in [0.2, 0.25) is 0 Å². The number of ether oxygens (including phenoxy) is 1. The van der Waals surface area contributed by atoms with Crippen LogP contribution in [0.4, 0.5) is 0 Å². The average molecular weight is 290 g/mol. The maximum atomic E-state index is 9.84. The minimum atomic E-state index is -0.981. The van der Waals surface area contributed by atoms with Crippen molar-refractivity contribution in [2.45, 2.75) is 12.8 Å². The number of hydrogen-bond donors (Lipinski definition) is 1. The molecule has 114 valence electrons. The fraction of sp³-hybridized carbons (Fsp3) is 0.412. The lowest BCUT2D eigenvalue weighted by molar-refractivity contribution is -0.135. The smallest absolute Gasteiger partial charge is 0.329 e. The molecule has 0 radical (unpaired) electrons. The van der Waals surface area contributed by atoms with Gasteiger partial charge in [-0.1, -0.05) is 37.5 Å². The van der Waals surface area contributed by atoms with Gasteiger partial charge in [0.25, 0.3) is 0 Å². The average Bonchev–Trinajstić information content (AvgIpc) is 3.20. The van der Waals surface area contributed by atoms with Gasteiger partial charge in [-0.3, -0.25) is 0 Å². The third-order valence-corrected chi connectivity index (χ3v) is 4.00. The highest BCUT2D eigenvalue weighted by Crippen LogP contribution is 2.52. The molecule has 0 heterocycles. The maximum Gasteiger partial charge on any atom is 0.329 e. The van der Waals surface area contributed by atoms with Crippen molar-refractivity contribution >= 4 is 11.9 Å². The van der Waals surface area contributed by atoms with Crippen molar-refractivity contribution in [3.63, 3.8) is 0 Å². The normalized spacial score (nSPS) is 29.4. The lowest BCUT2D eigenvalue weighted by Crippen LogP contribution is -2.12. The predicted octanol–water partition coefficient (Wildman–Crippen LogP) is 2.99. The Balaban J connectivity index is 0.000000176. The van der Waals surface area contributed by atoms with Gasteiger partial charge in [-0.25, -0.2) is 9.59 Å². The van der Waals surface area contributed by atoms with E-state index in [2.05, 4.69) is 42.2 Å². The van der Waals surface area contributed by atoms with Gasteiger partial charge in [0.2, 0.25) is 0 Å². The van der Waals surface area contributed by atoms with Crippen LogP contribution < -0.4 is 0 Å². The Morgan fingerprint density at radius 2 is 1.81 bits per heavy atom. The molecule has 21 heavy (non-hydrogen) atoms. The molecule has 3 aliphatic rings. The SMILES string of the molecule is C1=CC2C3C=CC(C3)C2C1.C=CC(=O)O.C=CC(=O)OC. The number of esters is 1. The van der Waals surface area contributed by atoms with E-state index in [1.807, 2.05) is 0 Å². The highest BCUT2D eigenvalue weighted by atomic mass is 16.5. The minimum Gasteiger partial charge on any atom is -0.478 e. The van der Waals surface area contributed by atoms with Crippen molar-refractivity contribution in [3.05, 3.63) is 49.6 Å². The molecule has 4 atom stereocenters. The van der Waals surface area contributed by atoms with Gasteiger partial charge < -0.3 is 9.84 Å². The largest absolute Gasteiger partial charge is 0.478 e. The number of methoxy groups -OCH3 is 1. The number of carboxylic acids is 1. The summed E-state index contributed by atoms with van der Waals surface area (Å²) in [6, 6.07) is 0. The molecule has 0 amide bonds. The first kappa shape index (κ1) is 17.0. The molecular weight excluding hydrogens is 268 g/mol. The Hall–Kier alpha value is -2.10. The van der Waals surface area contributed by atoms with E-state index in [9.17, 15) is 9.59 Å². The Morgan fingerprint density at radius 1 is 1.19 bits per heavy atom. The molecule has 0 aliphatic heterocycles. The number of allylic oxidation sites excluding steroid dienone is 4. The Labute approximate surface area is 125 Å². The summed E-state index contributed by atoms with van der Waals surface area (Å²) in [6.45, 7) is 6.12. The van der Waals surface area contributed by atoms with Crippen molar-refractivity contribution < 1.29 is 19.4 Å². The lowest BCUT2D eigenvalue weighted by atomic mass is 9.86. The maximum absolute atomic E-state index is 9.84. The van der Waals surface area contributed by atoms with Crippen molar-refractivity contribution in [3.8, 4) is 0 Å². The van der Waals surface area contributed by atoms with E-state index >= 15 is 0 Å². The van der Waals surface area contributed by atoms with E-state index in [1.54, 1.807) is 0 Å². The van der Waals surface area contributed by atoms with Crippen molar-refractivity contribution in [2.24, 2.45) is 23.7 Å². The van der Waals surface area contributed by atoms with Gasteiger partial charge in [-0.05, 0) is 36.5 Å². The van der Waals surface area contributed by atoms with Gasteiger partial charge in [-0.15, -0.1) is 0 Å². The zero-order valence-electron chi connectivity index (χ0n) is 12.3. The van der Waals surface area contributed by atoms with Gasteiger partial charge in [0.1, 0.15) is 0 Å². The molecule has 1 N–H and O–H groups in total. The van der Waals surface area contributed by atoms with Gasteiger partial charge in [-0.2, -0.15) is 0 Å². The number of rotatable bonds is 2. The molecule has 2 bridgehead atoms. The summed E-state index contributed by atoms with van der Waals surface area (Å²) < 4.78 is 4.14. The van der Waals surface area contributed by atoms with E-state index in [-0.39, 0.29) is 0 Å². The first-order valence-corrected chi connectivity index (χ1v) is 6.94. The second-order valence-corrected chi connectivity index (χ2v) is 5.12. The van der Waals surface area contributed by atoms with Crippen LogP contribution in [0, 0.1) is 23.7 Å². The quantitative estimate of drug-likeness (QED) is 0.482. The number of carbonyl (C=O) groups excluding carboxylic acids is 1. The molecule has 0 aromatic heterocycles. The molecule has 1 saturated carbocycles. The number of carbonyl (C=O) groups is 2.